The zero-order valence-electron chi connectivity index (χ0n) is 8.77. The van der Waals surface area contributed by atoms with E-state index in [0.717, 1.165) is 12.2 Å². The third kappa shape index (κ3) is 2.29. The smallest absolute Gasteiger partial charge is 0.176 e. The average molecular weight is 195 g/mol. The Balaban J connectivity index is 1.90. The molecule has 2 unspecified atom stereocenters. The predicted molar refractivity (Wildman–Crippen MR) is 52.7 cm³/mol. The van der Waals surface area contributed by atoms with Gasteiger partial charge in [-0.1, -0.05) is 6.42 Å². The van der Waals surface area contributed by atoms with Gasteiger partial charge in [-0.25, -0.2) is 0 Å². The maximum Gasteiger partial charge on any atom is 0.176 e. The molecule has 2 atom stereocenters. The summed E-state index contributed by atoms with van der Waals surface area (Å²) in [5.41, 5.74) is 0. The van der Waals surface area contributed by atoms with Crippen LogP contribution in [0.4, 0.5) is 0 Å². The van der Waals surface area contributed by atoms with Crippen LogP contribution in [-0.2, 0) is 13.5 Å². The number of hydrogen-bond acceptors (Lipinski definition) is 4. The number of tetrazole rings is 1. The van der Waals surface area contributed by atoms with Crippen LogP contribution in [-0.4, -0.2) is 32.3 Å². The van der Waals surface area contributed by atoms with Crippen LogP contribution >= 0.6 is 0 Å². The molecule has 2 heterocycles. The van der Waals surface area contributed by atoms with Gasteiger partial charge in [0.25, 0.3) is 0 Å². The van der Waals surface area contributed by atoms with E-state index in [-0.39, 0.29) is 0 Å². The molecule has 0 aromatic carbocycles. The molecule has 1 N–H and O–H groups in total. The van der Waals surface area contributed by atoms with Gasteiger partial charge in [-0.3, -0.25) is 0 Å². The number of rotatable bonds is 2. The quantitative estimate of drug-likeness (QED) is 0.736. The molecule has 0 amide bonds. The SMILES string of the molecule is CC1CCCC(Cc2nnn(C)n2)N1. The topological polar surface area (TPSA) is 55.6 Å². The summed E-state index contributed by atoms with van der Waals surface area (Å²) in [6.07, 6.45) is 4.71. The highest BCUT2D eigenvalue weighted by Crippen LogP contribution is 2.14. The van der Waals surface area contributed by atoms with Crippen molar-refractivity contribution in [3.8, 4) is 0 Å². The summed E-state index contributed by atoms with van der Waals surface area (Å²) < 4.78 is 0. The molecule has 2 rings (SSSR count). The number of nitrogens with zero attached hydrogens (tertiary/aromatic N) is 4. The van der Waals surface area contributed by atoms with E-state index in [1.54, 1.807) is 7.05 Å². The Kier molecular flexibility index (Phi) is 2.77. The minimum absolute atomic E-state index is 0.531. The minimum Gasteiger partial charge on any atom is -0.311 e. The van der Waals surface area contributed by atoms with E-state index in [4.69, 9.17) is 0 Å². The fraction of sp³-hybridized carbons (Fsp3) is 0.889. The van der Waals surface area contributed by atoms with E-state index in [1.807, 2.05) is 0 Å². The van der Waals surface area contributed by atoms with Gasteiger partial charge in [0.15, 0.2) is 5.82 Å². The highest BCUT2D eigenvalue weighted by molar-refractivity contribution is 4.88. The summed E-state index contributed by atoms with van der Waals surface area (Å²) >= 11 is 0. The lowest BCUT2D eigenvalue weighted by atomic mass is 9.97. The van der Waals surface area contributed by atoms with Crippen LogP contribution in [0.2, 0.25) is 0 Å². The third-order valence-corrected chi connectivity index (χ3v) is 2.69. The van der Waals surface area contributed by atoms with Crippen molar-refractivity contribution in [1.82, 2.24) is 25.5 Å². The van der Waals surface area contributed by atoms with Gasteiger partial charge in [0.1, 0.15) is 0 Å². The van der Waals surface area contributed by atoms with Crippen LogP contribution in [0.3, 0.4) is 0 Å². The Labute approximate surface area is 83.9 Å². The van der Waals surface area contributed by atoms with Gasteiger partial charge in [0.05, 0.1) is 7.05 Å². The van der Waals surface area contributed by atoms with Crippen molar-refractivity contribution in [1.29, 1.82) is 0 Å². The molecule has 1 aliphatic heterocycles. The van der Waals surface area contributed by atoms with Crippen molar-refractivity contribution in [2.24, 2.45) is 7.05 Å². The summed E-state index contributed by atoms with van der Waals surface area (Å²) in [7, 11) is 1.80. The lowest BCUT2D eigenvalue weighted by Gasteiger charge is -2.27. The summed E-state index contributed by atoms with van der Waals surface area (Å²) in [5.74, 6) is 0.846. The molecule has 14 heavy (non-hydrogen) atoms. The molecule has 1 aromatic heterocycles. The maximum atomic E-state index is 4.18. The second-order valence-corrected chi connectivity index (χ2v) is 4.09. The Morgan fingerprint density at radius 2 is 2.36 bits per heavy atom. The lowest BCUT2D eigenvalue weighted by Crippen LogP contribution is -2.41. The van der Waals surface area contributed by atoms with Gasteiger partial charge in [0, 0.05) is 18.5 Å². The van der Waals surface area contributed by atoms with Gasteiger partial charge in [-0.05, 0) is 25.0 Å². The van der Waals surface area contributed by atoms with Crippen molar-refractivity contribution < 1.29 is 0 Å². The second-order valence-electron chi connectivity index (χ2n) is 4.09. The fourth-order valence-corrected chi connectivity index (χ4v) is 2.03. The van der Waals surface area contributed by atoms with Gasteiger partial charge in [0.2, 0.25) is 0 Å². The number of aromatic nitrogens is 4. The van der Waals surface area contributed by atoms with Crippen LogP contribution in [0.25, 0.3) is 0 Å². The van der Waals surface area contributed by atoms with E-state index >= 15 is 0 Å². The molecule has 0 bridgehead atoms. The molecule has 5 nitrogen and oxygen atoms in total. The number of hydrogen-bond donors (Lipinski definition) is 1. The van der Waals surface area contributed by atoms with Gasteiger partial charge < -0.3 is 5.32 Å². The Morgan fingerprint density at radius 3 is 3.00 bits per heavy atom. The van der Waals surface area contributed by atoms with Gasteiger partial charge in [-0.15, -0.1) is 10.2 Å². The van der Waals surface area contributed by atoms with Crippen molar-refractivity contribution in [3.05, 3.63) is 5.82 Å². The molecular formula is C9H17N5. The van der Waals surface area contributed by atoms with Gasteiger partial charge >= 0.3 is 0 Å². The molecule has 0 aliphatic carbocycles. The monoisotopic (exact) mass is 195 g/mol. The van der Waals surface area contributed by atoms with E-state index in [0.29, 0.717) is 12.1 Å². The zero-order chi connectivity index (χ0) is 9.97. The van der Waals surface area contributed by atoms with Crippen LogP contribution in [0.15, 0.2) is 0 Å². The van der Waals surface area contributed by atoms with E-state index in [2.05, 4.69) is 27.7 Å². The molecule has 1 saturated heterocycles. The molecule has 5 heteroatoms. The lowest BCUT2D eigenvalue weighted by molar-refractivity contribution is 0.330. The van der Waals surface area contributed by atoms with Crippen molar-refractivity contribution in [3.63, 3.8) is 0 Å². The van der Waals surface area contributed by atoms with Gasteiger partial charge in [-0.2, -0.15) is 4.80 Å². The molecule has 78 valence electrons. The van der Waals surface area contributed by atoms with Crippen LogP contribution in [0.5, 0.6) is 0 Å². The normalized spacial score (nSPS) is 27.9. The first-order valence-electron chi connectivity index (χ1n) is 5.23. The summed E-state index contributed by atoms with van der Waals surface area (Å²) in [5, 5.41) is 15.6. The van der Waals surface area contributed by atoms with Crippen LogP contribution in [0.1, 0.15) is 32.0 Å². The first-order valence-corrected chi connectivity index (χ1v) is 5.23. The van der Waals surface area contributed by atoms with Crippen LogP contribution in [0, 0.1) is 0 Å². The Hall–Kier alpha value is -0.970. The summed E-state index contributed by atoms with van der Waals surface area (Å²) in [4.78, 5) is 1.52. The molecule has 1 fully saturated rings. The van der Waals surface area contributed by atoms with E-state index in [1.165, 1.54) is 24.1 Å². The first-order chi connectivity index (χ1) is 6.74. The van der Waals surface area contributed by atoms with E-state index < -0.39 is 0 Å². The van der Waals surface area contributed by atoms with Crippen molar-refractivity contribution >= 4 is 0 Å². The largest absolute Gasteiger partial charge is 0.311 e. The molecule has 0 saturated carbocycles. The van der Waals surface area contributed by atoms with Crippen molar-refractivity contribution in [2.45, 2.75) is 44.7 Å². The highest BCUT2D eigenvalue weighted by atomic mass is 15.6. The van der Waals surface area contributed by atoms with Crippen LogP contribution < -0.4 is 5.32 Å². The molecule has 1 aliphatic rings. The predicted octanol–water partition coefficient (Wildman–Crippen LogP) is 0.283. The number of piperidine rings is 1. The fourth-order valence-electron chi connectivity index (χ4n) is 2.03. The summed E-state index contributed by atoms with van der Waals surface area (Å²) in [6, 6.07) is 1.16. The minimum atomic E-state index is 0.531. The number of aryl methyl sites for hydroxylation is 1. The molecule has 1 aromatic rings. The number of nitrogens with one attached hydrogen (secondary N) is 1. The maximum absolute atomic E-state index is 4.18. The van der Waals surface area contributed by atoms with E-state index in [9.17, 15) is 0 Å². The molecule has 0 radical (unpaired) electrons. The zero-order valence-corrected chi connectivity index (χ0v) is 8.77. The summed E-state index contributed by atoms with van der Waals surface area (Å²) in [6.45, 7) is 2.23. The molecular weight excluding hydrogens is 178 g/mol. The Morgan fingerprint density at radius 1 is 1.50 bits per heavy atom. The van der Waals surface area contributed by atoms with Crippen molar-refractivity contribution in [2.75, 3.05) is 0 Å². The highest BCUT2D eigenvalue weighted by Gasteiger charge is 2.19. The Bertz CT molecular complexity index is 295. The second kappa shape index (κ2) is 4.04. The first kappa shape index (κ1) is 9.58. The average Bonchev–Trinajstić information content (AvgIpc) is 2.51. The molecule has 0 spiro atoms. The standard InChI is InChI=1S/C9H17N5/c1-7-4-3-5-8(10-7)6-9-11-13-14(2)12-9/h7-8,10H,3-6H2,1-2H3. The third-order valence-electron chi connectivity index (χ3n) is 2.69.